The third kappa shape index (κ3) is 1.69. The average Bonchev–Trinajstić information content (AvgIpc) is 2.69. The van der Waals surface area contributed by atoms with Crippen molar-refractivity contribution < 1.29 is 9.53 Å². The molecule has 1 aromatic heterocycles. The highest BCUT2D eigenvalue weighted by Crippen LogP contribution is 2.29. The van der Waals surface area contributed by atoms with Gasteiger partial charge in [-0.2, -0.15) is 0 Å². The number of aldehydes is 1. The molecule has 0 bridgehead atoms. The lowest BCUT2D eigenvalue weighted by Crippen LogP contribution is -2.44. The first-order valence-electron chi connectivity index (χ1n) is 4.72. The Kier molecular flexibility index (Phi) is 2.70. The van der Waals surface area contributed by atoms with Crippen LogP contribution < -0.4 is 5.32 Å². The molecule has 0 radical (unpaired) electrons. The molecule has 1 aliphatic heterocycles. The molecule has 2 rings (SSSR count). The minimum atomic E-state index is -1.21. The summed E-state index contributed by atoms with van der Waals surface area (Å²) in [5.41, 5.74) is 0.429. The summed E-state index contributed by atoms with van der Waals surface area (Å²) in [7, 11) is 0. The number of rotatable bonds is 3. The smallest absolute Gasteiger partial charge is 0.266 e. The molecule has 0 saturated heterocycles. The SMILES string of the molecule is CC1=C(c2ccncc2)OC(C=O)(C=S)N1. The first kappa shape index (κ1) is 10.8. The van der Waals surface area contributed by atoms with Crippen LogP contribution in [-0.4, -0.2) is 22.4 Å². The largest absolute Gasteiger partial charge is 0.454 e. The second-order valence-corrected chi connectivity index (χ2v) is 3.68. The monoisotopic (exact) mass is 234 g/mol. The summed E-state index contributed by atoms with van der Waals surface area (Å²) in [6, 6.07) is 3.62. The molecule has 1 unspecified atom stereocenters. The molecule has 2 heterocycles. The normalized spacial score (nSPS) is 23.6. The summed E-state index contributed by atoms with van der Waals surface area (Å²) >= 11 is 4.80. The van der Waals surface area contributed by atoms with Crippen molar-refractivity contribution in [1.29, 1.82) is 0 Å². The van der Waals surface area contributed by atoms with E-state index >= 15 is 0 Å². The van der Waals surface area contributed by atoms with Crippen LogP contribution in [-0.2, 0) is 9.53 Å². The summed E-state index contributed by atoms with van der Waals surface area (Å²) in [4.78, 5) is 14.9. The maximum absolute atomic E-state index is 11.0. The van der Waals surface area contributed by atoms with Crippen LogP contribution in [0, 0.1) is 0 Å². The number of hydrogen-bond donors (Lipinski definition) is 1. The minimum Gasteiger partial charge on any atom is -0.454 e. The van der Waals surface area contributed by atoms with E-state index in [9.17, 15) is 4.79 Å². The van der Waals surface area contributed by atoms with Gasteiger partial charge in [0, 0.05) is 18.0 Å². The van der Waals surface area contributed by atoms with Crippen molar-refractivity contribution in [3.63, 3.8) is 0 Å². The van der Waals surface area contributed by atoms with Gasteiger partial charge in [0.05, 0.1) is 11.1 Å². The van der Waals surface area contributed by atoms with Gasteiger partial charge in [0.25, 0.3) is 5.72 Å². The molecule has 16 heavy (non-hydrogen) atoms. The van der Waals surface area contributed by atoms with E-state index in [2.05, 4.69) is 10.3 Å². The summed E-state index contributed by atoms with van der Waals surface area (Å²) in [6.07, 6.45) is 3.98. The molecule has 1 aromatic rings. The second kappa shape index (κ2) is 4.02. The van der Waals surface area contributed by atoms with Crippen LogP contribution in [0.5, 0.6) is 0 Å². The number of nitrogens with zero attached hydrogens (tertiary/aromatic N) is 1. The molecule has 1 atom stereocenters. The van der Waals surface area contributed by atoms with Gasteiger partial charge in [0.1, 0.15) is 5.76 Å². The van der Waals surface area contributed by atoms with E-state index in [1.165, 1.54) is 5.37 Å². The molecule has 0 aliphatic carbocycles. The molecule has 0 amide bonds. The Morgan fingerprint density at radius 2 is 2.19 bits per heavy atom. The zero-order chi connectivity index (χ0) is 11.6. The zero-order valence-electron chi connectivity index (χ0n) is 8.64. The number of nitrogens with one attached hydrogen (secondary N) is 1. The number of carbonyl (C=O) groups excluding carboxylic acids is 1. The summed E-state index contributed by atoms with van der Waals surface area (Å²) in [5, 5.41) is 4.20. The van der Waals surface area contributed by atoms with Gasteiger partial charge in [0.15, 0.2) is 6.29 Å². The lowest BCUT2D eigenvalue weighted by molar-refractivity contribution is -0.118. The fourth-order valence-corrected chi connectivity index (χ4v) is 1.70. The highest BCUT2D eigenvalue weighted by molar-refractivity contribution is 7.79. The highest BCUT2D eigenvalue weighted by Gasteiger charge is 2.37. The molecule has 82 valence electrons. The first-order chi connectivity index (χ1) is 7.71. The van der Waals surface area contributed by atoms with E-state index in [-0.39, 0.29) is 0 Å². The fraction of sp³-hybridized carbons (Fsp3) is 0.182. The van der Waals surface area contributed by atoms with Gasteiger partial charge in [-0.3, -0.25) is 9.78 Å². The van der Waals surface area contributed by atoms with Gasteiger partial charge in [-0.05, 0) is 19.1 Å². The number of pyridine rings is 1. The van der Waals surface area contributed by atoms with E-state index in [0.717, 1.165) is 11.3 Å². The predicted molar refractivity (Wildman–Crippen MR) is 63.5 cm³/mol. The van der Waals surface area contributed by atoms with Crippen LogP contribution in [0.25, 0.3) is 5.76 Å². The van der Waals surface area contributed by atoms with Gasteiger partial charge < -0.3 is 10.1 Å². The summed E-state index contributed by atoms with van der Waals surface area (Å²) < 4.78 is 5.56. The van der Waals surface area contributed by atoms with Gasteiger partial charge in [-0.1, -0.05) is 12.2 Å². The van der Waals surface area contributed by atoms with Crippen LogP contribution in [0.15, 0.2) is 30.2 Å². The Hall–Kier alpha value is -1.75. The topological polar surface area (TPSA) is 51.2 Å². The number of aromatic nitrogens is 1. The molecule has 0 aromatic carbocycles. The van der Waals surface area contributed by atoms with Gasteiger partial charge in [-0.25, -0.2) is 0 Å². The third-order valence-electron chi connectivity index (χ3n) is 2.29. The molecule has 0 spiro atoms. The van der Waals surface area contributed by atoms with Crippen LogP contribution in [0.4, 0.5) is 0 Å². The van der Waals surface area contributed by atoms with Crippen molar-refractivity contribution in [1.82, 2.24) is 10.3 Å². The van der Waals surface area contributed by atoms with E-state index in [0.29, 0.717) is 12.0 Å². The van der Waals surface area contributed by atoms with Gasteiger partial charge in [0.2, 0.25) is 0 Å². The Bertz CT molecular complexity index is 448. The van der Waals surface area contributed by atoms with Crippen LogP contribution in [0.1, 0.15) is 12.5 Å². The molecular weight excluding hydrogens is 224 g/mol. The molecule has 0 saturated carbocycles. The van der Waals surface area contributed by atoms with Crippen molar-refractivity contribution in [2.24, 2.45) is 0 Å². The van der Waals surface area contributed by atoms with Crippen LogP contribution >= 0.6 is 12.2 Å². The molecule has 5 heteroatoms. The van der Waals surface area contributed by atoms with Crippen molar-refractivity contribution in [3.8, 4) is 0 Å². The quantitative estimate of drug-likeness (QED) is 0.630. The zero-order valence-corrected chi connectivity index (χ0v) is 9.45. The van der Waals surface area contributed by atoms with E-state index < -0.39 is 5.72 Å². The third-order valence-corrected chi connectivity index (χ3v) is 2.64. The van der Waals surface area contributed by atoms with Crippen LogP contribution in [0.2, 0.25) is 0 Å². The molecule has 1 aliphatic rings. The average molecular weight is 234 g/mol. The van der Waals surface area contributed by atoms with E-state index in [4.69, 9.17) is 17.0 Å². The second-order valence-electron chi connectivity index (χ2n) is 3.45. The van der Waals surface area contributed by atoms with Crippen molar-refractivity contribution >= 4 is 29.6 Å². The standard InChI is InChI=1S/C11H10N2O2S/c1-8-10(9-2-4-12-5-3-9)15-11(6-14,7-16)13-8/h2-7,13H,1H3. The fourth-order valence-electron chi connectivity index (χ4n) is 1.53. The number of allylic oxidation sites excluding steroid dienone is 1. The number of thiocarbonyl (C=S) groups is 1. The number of ether oxygens (including phenoxy) is 1. The number of hydrogen-bond acceptors (Lipinski definition) is 5. The minimum absolute atomic E-state index is 0.621. The van der Waals surface area contributed by atoms with Gasteiger partial charge in [-0.15, -0.1) is 0 Å². The maximum atomic E-state index is 11.0. The number of carbonyl (C=O) groups is 1. The van der Waals surface area contributed by atoms with Crippen molar-refractivity contribution in [2.45, 2.75) is 12.6 Å². The Balaban J connectivity index is 2.35. The van der Waals surface area contributed by atoms with E-state index in [1.54, 1.807) is 12.4 Å². The molecule has 4 nitrogen and oxygen atoms in total. The summed E-state index contributed by atoms with van der Waals surface area (Å²) in [6.45, 7) is 1.83. The first-order valence-corrected chi connectivity index (χ1v) is 5.19. The highest BCUT2D eigenvalue weighted by atomic mass is 32.1. The van der Waals surface area contributed by atoms with Gasteiger partial charge >= 0.3 is 0 Å². The van der Waals surface area contributed by atoms with Crippen molar-refractivity contribution in [3.05, 3.63) is 35.8 Å². The Labute approximate surface area is 98.3 Å². The predicted octanol–water partition coefficient (Wildman–Crippen LogP) is 1.28. The van der Waals surface area contributed by atoms with Crippen LogP contribution in [0.3, 0.4) is 0 Å². The molecule has 0 fully saturated rings. The Morgan fingerprint density at radius 3 is 2.69 bits per heavy atom. The summed E-state index contributed by atoms with van der Waals surface area (Å²) in [5.74, 6) is 0.621. The Morgan fingerprint density at radius 1 is 1.50 bits per heavy atom. The van der Waals surface area contributed by atoms with Crippen molar-refractivity contribution in [2.75, 3.05) is 0 Å². The lowest BCUT2D eigenvalue weighted by Gasteiger charge is -2.18. The molecular formula is C11H10N2O2S. The molecule has 1 N–H and O–H groups in total. The maximum Gasteiger partial charge on any atom is 0.266 e. The van der Waals surface area contributed by atoms with E-state index in [1.807, 2.05) is 19.1 Å². The lowest BCUT2D eigenvalue weighted by atomic mass is 10.2.